The molecule has 3 rings (SSSR count). The van der Waals surface area contributed by atoms with Crippen molar-refractivity contribution in [2.24, 2.45) is 0 Å². The summed E-state index contributed by atoms with van der Waals surface area (Å²) in [4.78, 5) is 41.8. The number of rotatable bonds is 10. The number of nitrogens with zero attached hydrogens (tertiary/aromatic N) is 5. The Kier molecular flexibility index (Phi) is 10.5. The minimum Gasteiger partial charge on any atom is -0.444 e. The number of anilines is 1. The van der Waals surface area contributed by atoms with E-state index in [2.05, 4.69) is 5.32 Å². The fourth-order valence-corrected chi connectivity index (χ4v) is 4.56. The SMILES string of the molecule is CCN(CCNC(=O)CN(CC(=O)N(C)N1Cc2ccc(F)cc2C1)c1cc(C#N)c(F)cc1C)C(=O)OC(C)(C)C. The van der Waals surface area contributed by atoms with E-state index < -0.39 is 23.4 Å². The third-order valence-corrected chi connectivity index (χ3v) is 6.80. The summed E-state index contributed by atoms with van der Waals surface area (Å²) in [5.41, 5.74) is 1.63. The van der Waals surface area contributed by atoms with E-state index in [4.69, 9.17) is 4.74 Å². The number of hydrazine groups is 1. The first-order valence-corrected chi connectivity index (χ1v) is 13.7. The topological polar surface area (TPSA) is 109 Å². The summed E-state index contributed by atoms with van der Waals surface area (Å²) >= 11 is 0. The number of nitriles is 1. The molecule has 3 amide bonds. The molecule has 2 aromatic rings. The van der Waals surface area contributed by atoms with Crippen LogP contribution in [-0.2, 0) is 27.4 Å². The van der Waals surface area contributed by atoms with Crippen molar-refractivity contribution >= 4 is 23.6 Å². The molecule has 42 heavy (non-hydrogen) atoms. The van der Waals surface area contributed by atoms with Gasteiger partial charge in [0.2, 0.25) is 5.91 Å². The van der Waals surface area contributed by atoms with Crippen molar-refractivity contribution in [2.45, 2.75) is 53.3 Å². The fraction of sp³-hybridized carbons (Fsp3) is 0.467. The summed E-state index contributed by atoms with van der Waals surface area (Å²) in [6.45, 7) is 9.72. The predicted molar refractivity (Wildman–Crippen MR) is 153 cm³/mol. The zero-order valence-corrected chi connectivity index (χ0v) is 25.0. The molecule has 0 atom stereocenters. The van der Waals surface area contributed by atoms with Crippen LogP contribution in [0.4, 0.5) is 19.3 Å². The highest BCUT2D eigenvalue weighted by molar-refractivity contribution is 5.87. The molecular weight excluding hydrogens is 546 g/mol. The van der Waals surface area contributed by atoms with Crippen molar-refractivity contribution < 1.29 is 27.9 Å². The van der Waals surface area contributed by atoms with Crippen LogP contribution in [0.5, 0.6) is 0 Å². The van der Waals surface area contributed by atoms with Gasteiger partial charge in [-0.3, -0.25) is 14.6 Å². The van der Waals surface area contributed by atoms with Gasteiger partial charge in [-0.2, -0.15) is 5.26 Å². The maximum Gasteiger partial charge on any atom is 0.410 e. The molecule has 0 radical (unpaired) electrons. The number of halogens is 2. The zero-order valence-electron chi connectivity index (χ0n) is 25.0. The van der Waals surface area contributed by atoms with Gasteiger partial charge in [-0.25, -0.2) is 18.6 Å². The second-order valence-corrected chi connectivity index (χ2v) is 11.1. The van der Waals surface area contributed by atoms with Gasteiger partial charge in [0.05, 0.1) is 18.7 Å². The molecule has 1 aliphatic heterocycles. The molecule has 2 aromatic carbocycles. The number of benzene rings is 2. The van der Waals surface area contributed by atoms with Gasteiger partial charge in [-0.05, 0) is 75.6 Å². The van der Waals surface area contributed by atoms with Crippen LogP contribution in [0, 0.1) is 29.9 Å². The van der Waals surface area contributed by atoms with E-state index in [-0.39, 0.29) is 43.5 Å². The van der Waals surface area contributed by atoms with Gasteiger partial charge < -0.3 is 19.9 Å². The lowest BCUT2D eigenvalue weighted by Crippen LogP contribution is -2.48. The van der Waals surface area contributed by atoms with E-state index in [1.165, 1.54) is 39.1 Å². The lowest BCUT2D eigenvalue weighted by Gasteiger charge is -2.32. The number of amides is 3. The average Bonchev–Trinajstić information content (AvgIpc) is 3.32. The van der Waals surface area contributed by atoms with Crippen molar-refractivity contribution in [3.63, 3.8) is 0 Å². The summed E-state index contributed by atoms with van der Waals surface area (Å²) in [6.07, 6.45) is -0.493. The van der Waals surface area contributed by atoms with E-state index in [0.29, 0.717) is 30.9 Å². The molecule has 0 spiro atoms. The minimum absolute atomic E-state index is 0.141. The first-order chi connectivity index (χ1) is 19.7. The monoisotopic (exact) mass is 584 g/mol. The third kappa shape index (κ3) is 8.39. The van der Waals surface area contributed by atoms with Gasteiger partial charge >= 0.3 is 6.09 Å². The Morgan fingerprint density at radius 2 is 1.79 bits per heavy atom. The molecule has 1 aliphatic rings. The molecule has 10 nitrogen and oxygen atoms in total. The van der Waals surface area contributed by atoms with Crippen LogP contribution in [0.25, 0.3) is 0 Å². The normalized spacial score (nSPS) is 12.7. The maximum absolute atomic E-state index is 14.3. The number of ether oxygens (including phenoxy) is 1. The predicted octanol–water partition coefficient (Wildman–Crippen LogP) is 3.71. The summed E-state index contributed by atoms with van der Waals surface area (Å²) < 4.78 is 33.4. The lowest BCUT2D eigenvalue weighted by molar-refractivity contribution is -0.145. The van der Waals surface area contributed by atoms with E-state index in [9.17, 15) is 28.4 Å². The number of aryl methyl sites for hydroxylation is 1. The summed E-state index contributed by atoms with van der Waals surface area (Å²) in [6, 6.07) is 8.82. The maximum atomic E-state index is 14.3. The van der Waals surface area contributed by atoms with Gasteiger partial charge in [0.1, 0.15) is 23.3 Å². The number of carbonyl (C=O) groups is 3. The van der Waals surface area contributed by atoms with Crippen molar-refractivity contribution in [2.75, 3.05) is 44.7 Å². The van der Waals surface area contributed by atoms with Crippen molar-refractivity contribution in [3.8, 4) is 6.07 Å². The number of likely N-dealkylation sites (N-methyl/N-ethyl adjacent to an activating group) is 2. The number of hydrogen-bond acceptors (Lipinski definition) is 7. The van der Waals surface area contributed by atoms with E-state index in [1.807, 2.05) is 0 Å². The Labute approximate surface area is 245 Å². The number of nitrogens with one attached hydrogen (secondary N) is 1. The molecule has 1 N–H and O–H groups in total. The molecular formula is C30H38F2N6O4. The van der Waals surface area contributed by atoms with Crippen LogP contribution in [-0.4, -0.2) is 78.2 Å². The van der Waals surface area contributed by atoms with Crippen LogP contribution in [0.15, 0.2) is 30.3 Å². The average molecular weight is 585 g/mol. The third-order valence-electron chi connectivity index (χ3n) is 6.80. The molecule has 12 heteroatoms. The molecule has 0 aliphatic carbocycles. The van der Waals surface area contributed by atoms with Gasteiger partial charge in [-0.1, -0.05) is 6.07 Å². The number of fused-ring (bicyclic) bond motifs is 1. The highest BCUT2D eigenvalue weighted by atomic mass is 19.1. The fourth-order valence-electron chi connectivity index (χ4n) is 4.56. The van der Waals surface area contributed by atoms with E-state index in [1.54, 1.807) is 58.8 Å². The van der Waals surface area contributed by atoms with E-state index in [0.717, 1.165) is 11.1 Å². The Balaban J connectivity index is 1.72. The second kappa shape index (κ2) is 13.6. The quantitative estimate of drug-likeness (QED) is 0.454. The van der Waals surface area contributed by atoms with Crippen molar-refractivity contribution in [3.05, 3.63) is 64.2 Å². The van der Waals surface area contributed by atoms with Crippen LogP contribution in [0.2, 0.25) is 0 Å². The number of hydrogen-bond donors (Lipinski definition) is 1. The summed E-state index contributed by atoms with van der Waals surface area (Å²) in [5, 5.41) is 15.3. The Morgan fingerprint density at radius 3 is 2.43 bits per heavy atom. The highest BCUT2D eigenvalue weighted by Gasteiger charge is 2.28. The summed E-state index contributed by atoms with van der Waals surface area (Å²) in [5.74, 6) is -1.84. The molecule has 1 heterocycles. The molecule has 0 fully saturated rings. The zero-order chi connectivity index (χ0) is 31.2. The Hall–Kier alpha value is -4.24. The van der Waals surface area contributed by atoms with Crippen molar-refractivity contribution in [1.82, 2.24) is 20.2 Å². The molecule has 0 saturated heterocycles. The van der Waals surface area contributed by atoms with Crippen LogP contribution in [0.1, 0.15) is 49.9 Å². The van der Waals surface area contributed by atoms with E-state index >= 15 is 0 Å². The molecule has 0 saturated carbocycles. The van der Waals surface area contributed by atoms with Gasteiger partial charge in [0, 0.05) is 45.5 Å². The van der Waals surface area contributed by atoms with Gasteiger partial charge in [0.25, 0.3) is 5.91 Å². The van der Waals surface area contributed by atoms with Gasteiger partial charge in [-0.15, -0.1) is 0 Å². The molecule has 0 bridgehead atoms. The van der Waals surface area contributed by atoms with Crippen LogP contribution in [0.3, 0.4) is 0 Å². The number of carbonyl (C=O) groups excluding carboxylic acids is 3. The van der Waals surface area contributed by atoms with Crippen LogP contribution >= 0.6 is 0 Å². The first-order valence-electron chi connectivity index (χ1n) is 13.7. The highest BCUT2D eigenvalue weighted by Crippen LogP contribution is 2.26. The smallest absolute Gasteiger partial charge is 0.410 e. The molecule has 0 aromatic heterocycles. The van der Waals surface area contributed by atoms with Crippen LogP contribution < -0.4 is 10.2 Å². The van der Waals surface area contributed by atoms with Crippen molar-refractivity contribution in [1.29, 1.82) is 5.26 Å². The lowest BCUT2D eigenvalue weighted by atomic mass is 10.1. The minimum atomic E-state index is -0.699. The largest absolute Gasteiger partial charge is 0.444 e. The first kappa shape index (κ1) is 32.3. The standard InChI is InChI=1S/C30H38F2N6O4/c1-7-36(29(41)42-30(3,4)5)11-10-34-27(39)18-37(26-14-22(15-33)25(32)12-20(26)2)19-28(40)35(6)38-16-21-8-9-24(31)13-23(21)17-38/h8-9,12-14H,7,10-11,16-19H2,1-6H3,(H,34,39). The second-order valence-electron chi connectivity index (χ2n) is 11.1. The summed E-state index contributed by atoms with van der Waals surface area (Å²) in [7, 11) is 1.59. The Bertz CT molecular complexity index is 1370. The molecule has 226 valence electrons. The Morgan fingerprint density at radius 1 is 1.10 bits per heavy atom. The molecule has 0 unspecified atom stereocenters. The van der Waals surface area contributed by atoms with Gasteiger partial charge in [0.15, 0.2) is 0 Å².